The molecule has 0 aromatic rings. The van der Waals surface area contributed by atoms with Gasteiger partial charge in [-0.05, 0) is 40.2 Å². The van der Waals surface area contributed by atoms with Crippen molar-refractivity contribution in [2.45, 2.75) is 47.5 Å². The lowest BCUT2D eigenvalue weighted by atomic mass is 9.90. The maximum absolute atomic E-state index is 4.70. The Morgan fingerprint density at radius 2 is 1.90 bits per heavy atom. The SMILES string of the molecule is CCCCN(CC)C1=C(C)N=CC(C2=C(C)N=C2C)C=C1. The first-order valence-electron chi connectivity index (χ1n) is 8.03. The van der Waals surface area contributed by atoms with Gasteiger partial charge in [-0.1, -0.05) is 19.4 Å². The Balaban J connectivity index is 2.18. The Bertz CT molecular complexity index is 547. The van der Waals surface area contributed by atoms with E-state index in [9.17, 15) is 0 Å². The second kappa shape index (κ2) is 6.88. The number of aliphatic imine (C=N–C) groups is 2. The highest BCUT2D eigenvalue weighted by molar-refractivity contribution is 6.07. The molecular weight excluding hydrogens is 258 g/mol. The summed E-state index contributed by atoms with van der Waals surface area (Å²) in [5.74, 6) is 0.264. The molecule has 2 aliphatic heterocycles. The molecule has 2 aliphatic rings. The fraction of sp³-hybridized carbons (Fsp3) is 0.556. The lowest BCUT2D eigenvalue weighted by Gasteiger charge is -2.25. The van der Waals surface area contributed by atoms with Gasteiger partial charge in [0.25, 0.3) is 0 Å². The summed E-state index contributed by atoms with van der Waals surface area (Å²) < 4.78 is 0. The standard InChI is InChI=1S/C18H27N3/c1-6-8-11-21(7-2)17-10-9-16(12-19-13(17)3)18-14(4)20-15(18)5/h9-10,12,16H,6-8,11H2,1-5H3. The third-order valence-electron chi connectivity index (χ3n) is 4.21. The molecule has 0 radical (unpaired) electrons. The number of rotatable bonds is 6. The number of nitrogens with zero attached hydrogens (tertiary/aromatic N) is 3. The summed E-state index contributed by atoms with van der Waals surface area (Å²) in [5, 5.41) is 0. The molecule has 2 heterocycles. The van der Waals surface area contributed by atoms with Crippen LogP contribution in [0.25, 0.3) is 0 Å². The van der Waals surface area contributed by atoms with Crippen LogP contribution in [0.2, 0.25) is 0 Å². The van der Waals surface area contributed by atoms with Gasteiger partial charge in [-0.2, -0.15) is 0 Å². The van der Waals surface area contributed by atoms with Crippen LogP contribution in [0.5, 0.6) is 0 Å². The topological polar surface area (TPSA) is 28.0 Å². The van der Waals surface area contributed by atoms with Crippen LogP contribution in [-0.2, 0) is 0 Å². The van der Waals surface area contributed by atoms with Gasteiger partial charge in [-0.25, -0.2) is 0 Å². The van der Waals surface area contributed by atoms with Gasteiger partial charge in [-0.3, -0.25) is 9.98 Å². The van der Waals surface area contributed by atoms with Crippen molar-refractivity contribution in [3.8, 4) is 0 Å². The summed E-state index contributed by atoms with van der Waals surface area (Å²) in [6.45, 7) is 12.8. The number of allylic oxidation sites excluding steroid dienone is 5. The number of hydrogen-bond donors (Lipinski definition) is 0. The summed E-state index contributed by atoms with van der Waals surface area (Å²) in [5.41, 5.74) is 6.00. The molecule has 114 valence electrons. The second-order valence-corrected chi connectivity index (χ2v) is 5.76. The van der Waals surface area contributed by atoms with Crippen LogP contribution >= 0.6 is 0 Å². The van der Waals surface area contributed by atoms with Crippen LogP contribution in [0, 0.1) is 5.92 Å². The van der Waals surface area contributed by atoms with Crippen molar-refractivity contribution < 1.29 is 0 Å². The molecule has 0 aromatic carbocycles. The van der Waals surface area contributed by atoms with Gasteiger partial charge < -0.3 is 4.90 Å². The summed E-state index contributed by atoms with van der Waals surface area (Å²) in [6.07, 6.45) is 9.02. The van der Waals surface area contributed by atoms with Crippen molar-refractivity contribution >= 4 is 11.9 Å². The van der Waals surface area contributed by atoms with E-state index >= 15 is 0 Å². The normalized spacial score (nSPS) is 21.4. The summed E-state index contributed by atoms with van der Waals surface area (Å²) in [4.78, 5) is 11.5. The molecule has 0 N–H and O–H groups in total. The molecule has 2 rings (SSSR count). The van der Waals surface area contributed by atoms with Crippen molar-refractivity contribution in [3.63, 3.8) is 0 Å². The summed E-state index contributed by atoms with van der Waals surface area (Å²) in [7, 11) is 0. The fourth-order valence-corrected chi connectivity index (χ4v) is 2.99. The Morgan fingerprint density at radius 1 is 1.14 bits per heavy atom. The maximum atomic E-state index is 4.70. The van der Waals surface area contributed by atoms with Crippen LogP contribution in [0.1, 0.15) is 47.5 Å². The lowest BCUT2D eigenvalue weighted by molar-refractivity contribution is 0.361. The Hall–Kier alpha value is -1.64. The molecular formula is C18H27N3. The van der Waals surface area contributed by atoms with Crippen LogP contribution in [0.4, 0.5) is 0 Å². The van der Waals surface area contributed by atoms with Gasteiger partial charge in [0.05, 0.1) is 11.4 Å². The van der Waals surface area contributed by atoms with E-state index < -0.39 is 0 Å². The molecule has 0 fully saturated rings. The fourth-order valence-electron chi connectivity index (χ4n) is 2.99. The van der Waals surface area contributed by atoms with E-state index in [2.05, 4.69) is 62.9 Å². The van der Waals surface area contributed by atoms with Gasteiger partial charge in [0.2, 0.25) is 0 Å². The highest BCUT2D eigenvalue weighted by Gasteiger charge is 2.23. The van der Waals surface area contributed by atoms with Crippen molar-refractivity contribution in [3.05, 3.63) is 34.8 Å². The summed E-state index contributed by atoms with van der Waals surface area (Å²) in [6, 6.07) is 0. The first kappa shape index (κ1) is 15.7. The molecule has 0 aromatic heterocycles. The van der Waals surface area contributed by atoms with Crippen LogP contribution in [-0.4, -0.2) is 29.9 Å². The average Bonchev–Trinajstić information content (AvgIpc) is 2.63. The van der Waals surface area contributed by atoms with Gasteiger partial charge in [0.15, 0.2) is 0 Å². The van der Waals surface area contributed by atoms with E-state index in [4.69, 9.17) is 4.99 Å². The molecule has 3 nitrogen and oxygen atoms in total. The smallest absolute Gasteiger partial charge is 0.0602 e. The Labute approximate surface area is 128 Å². The van der Waals surface area contributed by atoms with Crippen molar-refractivity contribution in [1.82, 2.24) is 4.90 Å². The molecule has 0 amide bonds. The van der Waals surface area contributed by atoms with E-state index in [1.165, 1.54) is 24.1 Å². The minimum atomic E-state index is 0.264. The van der Waals surface area contributed by atoms with Gasteiger partial charge in [0, 0.05) is 42.2 Å². The molecule has 0 saturated heterocycles. The second-order valence-electron chi connectivity index (χ2n) is 5.76. The summed E-state index contributed by atoms with van der Waals surface area (Å²) >= 11 is 0. The van der Waals surface area contributed by atoms with Crippen molar-refractivity contribution in [2.75, 3.05) is 13.1 Å². The van der Waals surface area contributed by atoms with E-state index in [0.29, 0.717) is 0 Å². The predicted molar refractivity (Wildman–Crippen MR) is 91.8 cm³/mol. The number of unbranched alkanes of at least 4 members (excludes halogenated alkanes) is 1. The Morgan fingerprint density at radius 3 is 2.48 bits per heavy atom. The van der Waals surface area contributed by atoms with Crippen LogP contribution in [0.15, 0.2) is 44.8 Å². The quantitative estimate of drug-likeness (QED) is 0.713. The Kier molecular flexibility index (Phi) is 5.16. The zero-order chi connectivity index (χ0) is 15.4. The molecule has 1 unspecified atom stereocenters. The molecule has 3 heteroatoms. The van der Waals surface area contributed by atoms with Crippen molar-refractivity contribution in [2.24, 2.45) is 15.9 Å². The zero-order valence-electron chi connectivity index (χ0n) is 14.0. The highest BCUT2D eigenvalue weighted by Crippen LogP contribution is 2.29. The van der Waals surface area contributed by atoms with E-state index in [-0.39, 0.29) is 5.92 Å². The van der Waals surface area contributed by atoms with Crippen LogP contribution in [0.3, 0.4) is 0 Å². The largest absolute Gasteiger partial charge is 0.370 e. The van der Waals surface area contributed by atoms with Crippen LogP contribution < -0.4 is 0 Å². The van der Waals surface area contributed by atoms with E-state index in [1.807, 2.05) is 0 Å². The minimum absolute atomic E-state index is 0.264. The molecule has 0 saturated carbocycles. The van der Waals surface area contributed by atoms with E-state index in [0.717, 1.165) is 30.2 Å². The first-order valence-corrected chi connectivity index (χ1v) is 8.03. The number of likely N-dealkylation sites (N-methyl/N-ethyl adjacent to an activating group) is 1. The van der Waals surface area contributed by atoms with Gasteiger partial charge >= 0.3 is 0 Å². The average molecular weight is 285 g/mol. The van der Waals surface area contributed by atoms with E-state index in [1.54, 1.807) is 0 Å². The van der Waals surface area contributed by atoms with Crippen molar-refractivity contribution in [1.29, 1.82) is 0 Å². The molecule has 0 spiro atoms. The highest BCUT2D eigenvalue weighted by atomic mass is 15.1. The van der Waals surface area contributed by atoms with Gasteiger partial charge in [-0.15, -0.1) is 0 Å². The molecule has 21 heavy (non-hydrogen) atoms. The molecule has 0 aliphatic carbocycles. The predicted octanol–water partition coefficient (Wildman–Crippen LogP) is 4.35. The lowest BCUT2D eigenvalue weighted by Crippen LogP contribution is -2.23. The monoisotopic (exact) mass is 285 g/mol. The minimum Gasteiger partial charge on any atom is -0.370 e. The third kappa shape index (κ3) is 3.34. The first-order chi connectivity index (χ1) is 10.1. The maximum Gasteiger partial charge on any atom is 0.0602 e. The molecule has 1 atom stereocenters. The zero-order valence-corrected chi connectivity index (χ0v) is 14.0. The van der Waals surface area contributed by atoms with Gasteiger partial charge in [0.1, 0.15) is 0 Å². The number of hydrogen-bond acceptors (Lipinski definition) is 3. The third-order valence-corrected chi connectivity index (χ3v) is 4.21. The molecule has 0 bridgehead atoms.